The van der Waals surface area contributed by atoms with Crippen LogP contribution >= 0.6 is 0 Å². The highest BCUT2D eigenvalue weighted by molar-refractivity contribution is 7.96. The molecule has 28 heavy (non-hydrogen) atoms. The average molecular weight is 426 g/mol. The molecular formula is C19H20FNO5S2. The maximum absolute atomic E-state index is 14.3. The van der Waals surface area contributed by atoms with Crippen molar-refractivity contribution in [1.29, 1.82) is 0 Å². The molecule has 2 aromatic carbocycles. The van der Waals surface area contributed by atoms with Crippen LogP contribution in [0, 0.1) is 5.82 Å². The van der Waals surface area contributed by atoms with Gasteiger partial charge in [-0.2, -0.15) is 0 Å². The molecule has 1 aliphatic heterocycles. The average Bonchev–Trinajstić information content (AvgIpc) is 3.03. The molecule has 1 saturated heterocycles. The Balaban J connectivity index is 1.88. The number of carbonyl (C=O) groups excluding carboxylic acids is 1. The summed E-state index contributed by atoms with van der Waals surface area (Å²) in [6, 6.07) is 12.1. The highest BCUT2D eigenvalue weighted by atomic mass is 32.2. The number of hydrogen-bond acceptors (Lipinski definition) is 5. The van der Waals surface area contributed by atoms with Crippen LogP contribution in [-0.4, -0.2) is 51.4 Å². The summed E-state index contributed by atoms with van der Waals surface area (Å²) < 4.78 is 63.0. The van der Waals surface area contributed by atoms with Crippen molar-refractivity contribution in [1.82, 2.24) is 4.90 Å². The second-order valence-corrected chi connectivity index (χ2v) is 11.3. The molecule has 2 aromatic rings. The Labute approximate surface area is 163 Å². The van der Waals surface area contributed by atoms with E-state index in [1.165, 1.54) is 11.9 Å². The molecule has 1 aliphatic rings. The van der Waals surface area contributed by atoms with Crippen molar-refractivity contribution in [2.45, 2.75) is 23.1 Å². The SMILES string of the molecule is CN(Cc1ccccc1)C(=O)c1cc(S(=O)(=O)C2CCS(=O)(=O)C2)ccc1F. The molecule has 0 N–H and O–H groups in total. The van der Waals surface area contributed by atoms with Gasteiger partial charge in [-0.05, 0) is 30.2 Å². The number of hydrogen-bond donors (Lipinski definition) is 0. The second kappa shape index (κ2) is 7.63. The van der Waals surface area contributed by atoms with Crippen molar-refractivity contribution in [2.75, 3.05) is 18.6 Å². The van der Waals surface area contributed by atoms with E-state index in [2.05, 4.69) is 0 Å². The molecule has 0 spiro atoms. The monoisotopic (exact) mass is 425 g/mol. The number of carbonyl (C=O) groups is 1. The van der Waals surface area contributed by atoms with Gasteiger partial charge in [-0.15, -0.1) is 0 Å². The van der Waals surface area contributed by atoms with Gasteiger partial charge in [-0.25, -0.2) is 21.2 Å². The number of amides is 1. The van der Waals surface area contributed by atoms with Gasteiger partial charge < -0.3 is 4.90 Å². The molecule has 6 nitrogen and oxygen atoms in total. The summed E-state index contributed by atoms with van der Waals surface area (Å²) in [5, 5.41) is -1.08. The molecule has 1 amide bonds. The van der Waals surface area contributed by atoms with E-state index in [0.29, 0.717) is 0 Å². The maximum atomic E-state index is 14.3. The molecule has 0 bridgehead atoms. The lowest BCUT2D eigenvalue weighted by molar-refractivity contribution is 0.0780. The lowest BCUT2D eigenvalue weighted by Gasteiger charge is -2.18. The van der Waals surface area contributed by atoms with Crippen LogP contribution in [-0.2, 0) is 26.2 Å². The van der Waals surface area contributed by atoms with E-state index in [1.54, 1.807) is 0 Å². The lowest BCUT2D eigenvalue weighted by atomic mass is 10.1. The summed E-state index contributed by atoms with van der Waals surface area (Å²) in [6.07, 6.45) is -0.000761. The molecule has 1 atom stereocenters. The number of sulfone groups is 2. The Hall–Kier alpha value is -2.26. The van der Waals surface area contributed by atoms with Crippen LogP contribution in [0.1, 0.15) is 22.3 Å². The maximum Gasteiger partial charge on any atom is 0.256 e. The normalized spacial score (nSPS) is 18.7. The van der Waals surface area contributed by atoms with E-state index in [9.17, 15) is 26.0 Å². The van der Waals surface area contributed by atoms with Crippen molar-refractivity contribution in [3.05, 3.63) is 65.5 Å². The van der Waals surface area contributed by atoms with E-state index >= 15 is 0 Å². The molecule has 150 valence electrons. The van der Waals surface area contributed by atoms with Crippen LogP contribution in [0.4, 0.5) is 4.39 Å². The molecule has 0 aromatic heterocycles. The molecule has 0 saturated carbocycles. The van der Waals surface area contributed by atoms with Gasteiger partial charge in [0.2, 0.25) is 0 Å². The van der Waals surface area contributed by atoms with Crippen molar-refractivity contribution in [3.8, 4) is 0 Å². The zero-order valence-corrected chi connectivity index (χ0v) is 16.8. The Bertz CT molecular complexity index is 1100. The van der Waals surface area contributed by atoms with Crippen LogP contribution in [0.15, 0.2) is 53.4 Å². The van der Waals surface area contributed by atoms with E-state index in [0.717, 1.165) is 23.8 Å². The van der Waals surface area contributed by atoms with Gasteiger partial charge in [-0.3, -0.25) is 4.79 Å². The Kier molecular flexibility index (Phi) is 5.58. The zero-order valence-electron chi connectivity index (χ0n) is 15.2. The Morgan fingerprint density at radius 3 is 2.46 bits per heavy atom. The topological polar surface area (TPSA) is 88.6 Å². The predicted molar refractivity (Wildman–Crippen MR) is 103 cm³/mol. The van der Waals surface area contributed by atoms with E-state index in [-0.39, 0.29) is 29.2 Å². The molecule has 9 heteroatoms. The van der Waals surface area contributed by atoms with Gasteiger partial charge >= 0.3 is 0 Å². The first kappa shape index (κ1) is 20.5. The number of nitrogens with zero attached hydrogens (tertiary/aromatic N) is 1. The molecule has 0 aliphatic carbocycles. The number of benzene rings is 2. The largest absolute Gasteiger partial charge is 0.337 e. The first-order valence-electron chi connectivity index (χ1n) is 8.63. The third kappa shape index (κ3) is 4.25. The molecule has 1 unspecified atom stereocenters. The summed E-state index contributed by atoms with van der Waals surface area (Å²) in [5.41, 5.74) is 0.485. The fourth-order valence-electron chi connectivity index (χ4n) is 3.18. The van der Waals surface area contributed by atoms with Crippen molar-refractivity contribution in [2.24, 2.45) is 0 Å². The third-order valence-electron chi connectivity index (χ3n) is 4.74. The zero-order chi connectivity index (χ0) is 20.5. The van der Waals surface area contributed by atoms with Gasteiger partial charge in [0.15, 0.2) is 19.7 Å². The van der Waals surface area contributed by atoms with Crippen LogP contribution in [0.3, 0.4) is 0 Å². The lowest BCUT2D eigenvalue weighted by Crippen LogP contribution is -2.28. The molecular weight excluding hydrogens is 405 g/mol. The van der Waals surface area contributed by atoms with Gasteiger partial charge in [0.05, 0.1) is 27.2 Å². The van der Waals surface area contributed by atoms with Crippen LogP contribution in [0.2, 0.25) is 0 Å². The summed E-state index contributed by atoms with van der Waals surface area (Å²) in [4.78, 5) is 13.7. The van der Waals surface area contributed by atoms with Gasteiger partial charge in [-0.1, -0.05) is 30.3 Å². The minimum Gasteiger partial charge on any atom is -0.337 e. The fourth-order valence-corrected chi connectivity index (χ4v) is 7.56. The molecule has 1 fully saturated rings. The fraction of sp³-hybridized carbons (Fsp3) is 0.316. The first-order valence-corrected chi connectivity index (χ1v) is 12.0. The van der Waals surface area contributed by atoms with Crippen LogP contribution in [0.5, 0.6) is 0 Å². The summed E-state index contributed by atoms with van der Waals surface area (Å²) in [6.45, 7) is 0.233. The van der Waals surface area contributed by atoms with E-state index in [4.69, 9.17) is 0 Å². The van der Waals surface area contributed by atoms with Crippen LogP contribution < -0.4 is 0 Å². The second-order valence-electron chi connectivity index (χ2n) is 6.86. The van der Waals surface area contributed by atoms with E-state index < -0.39 is 42.4 Å². The standard InChI is InChI=1S/C19H20FNO5S2/c1-21(12-14-5-3-2-4-6-14)19(22)17-11-15(7-8-18(17)20)28(25,26)16-9-10-27(23,24)13-16/h2-8,11,16H,9-10,12-13H2,1H3. The van der Waals surface area contributed by atoms with Gasteiger partial charge in [0.1, 0.15) is 5.82 Å². The summed E-state index contributed by atoms with van der Waals surface area (Å²) in [5.74, 6) is -2.13. The highest BCUT2D eigenvalue weighted by Gasteiger charge is 2.38. The summed E-state index contributed by atoms with van der Waals surface area (Å²) >= 11 is 0. The quantitative estimate of drug-likeness (QED) is 0.684. The van der Waals surface area contributed by atoms with Crippen molar-refractivity contribution >= 4 is 25.6 Å². The summed E-state index contributed by atoms with van der Waals surface area (Å²) in [7, 11) is -5.88. The van der Waals surface area contributed by atoms with E-state index in [1.807, 2.05) is 30.3 Å². The predicted octanol–water partition coefficient (Wildman–Crippen LogP) is 2.06. The molecule has 0 radical (unpaired) electrons. The Morgan fingerprint density at radius 2 is 1.86 bits per heavy atom. The highest BCUT2D eigenvalue weighted by Crippen LogP contribution is 2.27. The number of rotatable bonds is 5. The minimum absolute atomic E-state index is 0.000761. The first-order chi connectivity index (χ1) is 13.1. The third-order valence-corrected chi connectivity index (χ3v) is 8.91. The minimum atomic E-state index is -3.98. The van der Waals surface area contributed by atoms with Gasteiger partial charge in [0.25, 0.3) is 5.91 Å². The van der Waals surface area contributed by atoms with Crippen molar-refractivity contribution in [3.63, 3.8) is 0 Å². The molecule has 1 heterocycles. The molecule has 3 rings (SSSR count). The Morgan fingerprint density at radius 1 is 1.18 bits per heavy atom. The number of halogens is 1. The smallest absolute Gasteiger partial charge is 0.256 e. The van der Waals surface area contributed by atoms with Crippen molar-refractivity contribution < 1.29 is 26.0 Å². The van der Waals surface area contributed by atoms with Crippen LogP contribution in [0.25, 0.3) is 0 Å². The van der Waals surface area contributed by atoms with Gasteiger partial charge in [0, 0.05) is 13.6 Å².